The highest BCUT2D eigenvalue weighted by molar-refractivity contribution is 6.30. The Morgan fingerprint density at radius 3 is 2.55 bits per heavy atom. The van der Waals surface area contributed by atoms with Gasteiger partial charge in [-0.2, -0.15) is 0 Å². The first-order valence-corrected chi connectivity index (χ1v) is 9.80. The Balaban J connectivity index is 2.01. The van der Waals surface area contributed by atoms with Crippen LogP contribution in [-0.4, -0.2) is 39.1 Å². The van der Waals surface area contributed by atoms with Gasteiger partial charge in [-0.1, -0.05) is 18.5 Å². The van der Waals surface area contributed by atoms with Gasteiger partial charge in [0.05, 0.1) is 22.9 Å². The van der Waals surface area contributed by atoms with Gasteiger partial charge in [-0.25, -0.2) is 4.39 Å². The third kappa shape index (κ3) is 4.54. The summed E-state index contributed by atoms with van der Waals surface area (Å²) in [6.07, 6.45) is -0.132. The molecule has 162 valence electrons. The summed E-state index contributed by atoms with van der Waals surface area (Å²) in [5.41, 5.74) is 1.45. The summed E-state index contributed by atoms with van der Waals surface area (Å²) < 4.78 is 15.2. The van der Waals surface area contributed by atoms with Crippen molar-refractivity contribution < 1.29 is 29.0 Å². The number of nitrogens with one attached hydrogen (secondary N) is 1. The SMILES string of the molecule is Cc1c(CC(=O)NCC(C)C(=O)O)c2cc(O)ccc2n1C(=O)c1ccc(Cl)c(F)c1. The Hall–Kier alpha value is -3.39. The van der Waals surface area contributed by atoms with Crippen molar-refractivity contribution in [1.29, 1.82) is 0 Å². The molecule has 31 heavy (non-hydrogen) atoms. The van der Waals surface area contributed by atoms with E-state index in [0.29, 0.717) is 22.2 Å². The average molecular weight is 447 g/mol. The van der Waals surface area contributed by atoms with Gasteiger partial charge in [0.25, 0.3) is 5.91 Å². The highest BCUT2D eigenvalue weighted by atomic mass is 35.5. The largest absolute Gasteiger partial charge is 0.508 e. The maximum absolute atomic E-state index is 13.9. The van der Waals surface area contributed by atoms with Crippen molar-refractivity contribution in [2.24, 2.45) is 5.92 Å². The number of nitrogens with zero attached hydrogens (tertiary/aromatic N) is 1. The molecule has 0 saturated carbocycles. The van der Waals surface area contributed by atoms with Gasteiger partial charge < -0.3 is 15.5 Å². The number of aromatic hydroxyl groups is 1. The number of carbonyl (C=O) groups is 3. The molecule has 0 aliphatic carbocycles. The minimum absolute atomic E-state index is 0.0416. The summed E-state index contributed by atoms with van der Waals surface area (Å²) in [6, 6.07) is 8.11. The highest BCUT2D eigenvalue weighted by Gasteiger charge is 2.23. The molecule has 1 heterocycles. The third-order valence-electron chi connectivity index (χ3n) is 5.05. The van der Waals surface area contributed by atoms with Gasteiger partial charge in [0.15, 0.2) is 0 Å². The van der Waals surface area contributed by atoms with E-state index in [2.05, 4.69) is 5.32 Å². The lowest BCUT2D eigenvalue weighted by molar-refractivity contribution is -0.141. The fourth-order valence-corrected chi connectivity index (χ4v) is 3.41. The van der Waals surface area contributed by atoms with E-state index >= 15 is 0 Å². The lowest BCUT2D eigenvalue weighted by Crippen LogP contribution is -2.32. The third-order valence-corrected chi connectivity index (χ3v) is 5.36. The number of amides is 1. The molecule has 3 rings (SSSR count). The van der Waals surface area contributed by atoms with Crippen LogP contribution >= 0.6 is 11.6 Å². The predicted octanol–water partition coefficient (Wildman–Crippen LogP) is 3.52. The first kappa shape index (κ1) is 22.3. The van der Waals surface area contributed by atoms with Crippen LogP contribution < -0.4 is 5.32 Å². The molecule has 7 nitrogen and oxygen atoms in total. The summed E-state index contributed by atoms with van der Waals surface area (Å²) in [4.78, 5) is 36.5. The van der Waals surface area contributed by atoms with Crippen LogP contribution in [0, 0.1) is 18.7 Å². The number of halogens is 2. The Kier molecular flexibility index (Phi) is 6.31. The summed E-state index contributed by atoms with van der Waals surface area (Å²) >= 11 is 5.71. The van der Waals surface area contributed by atoms with Crippen LogP contribution in [0.4, 0.5) is 4.39 Å². The maximum Gasteiger partial charge on any atom is 0.308 e. The number of aliphatic carboxylic acids is 1. The number of aromatic nitrogens is 1. The number of benzene rings is 2. The molecule has 0 radical (unpaired) electrons. The molecule has 0 aliphatic rings. The highest BCUT2D eigenvalue weighted by Crippen LogP contribution is 2.30. The molecule has 3 N–H and O–H groups in total. The standard InChI is InChI=1S/C22H20ClFN2O5/c1-11(22(30)31)10-25-20(28)9-15-12(2)26(19-6-4-14(27)8-16(15)19)21(29)13-3-5-17(23)18(24)7-13/h3-8,11,27H,9-10H2,1-2H3,(H,25,28)(H,30,31). The molecule has 1 atom stereocenters. The fourth-order valence-electron chi connectivity index (χ4n) is 3.29. The van der Waals surface area contributed by atoms with Gasteiger partial charge in [0, 0.05) is 23.2 Å². The van der Waals surface area contributed by atoms with Gasteiger partial charge in [0.1, 0.15) is 11.6 Å². The minimum atomic E-state index is -1.03. The minimum Gasteiger partial charge on any atom is -0.508 e. The number of phenolic OH excluding ortho intramolecular Hbond substituents is 1. The van der Waals surface area contributed by atoms with E-state index in [-0.39, 0.29) is 29.3 Å². The van der Waals surface area contributed by atoms with Crippen LogP contribution in [0.25, 0.3) is 10.9 Å². The molecule has 1 amide bonds. The Morgan fingerprint density at radius 2 is 1.90 bits per heavy atom. The smallest absolute Gasteiger partial charge is 0.308 e. The van der Waals surface area contributed by atoms with Gasteiger partial charge in [-0.3, -0.25) is 19.0 Å². The number of phenols is 1. The first-order valence-electron chi connectivity index (χ1n) is 9.42. The molecule has 1 unspecified atom stereocenters. The second-order valence-electron chi connectivity index (χ2n) is 7.26. The summed E-state index contributed by atoms with van der Waals surface area (Å²) in [7, 11) is 0. The van der Waals surface area contributed by atoms with Crippen LogP contribution in [0.1, 0.15) is 28.5 Å². The normalized spacial score (nSPS) is 12.0. The lowest BCUT2D eigenvalue weighted by atomic mass is 10.1. The van der Waals surface area contributed by atoms with Gasteiger partial charge in [0.2, 0.25) is 5.91 Å². The van der Waals surface area contributed by atoms with E-state index in [1.54, 1.807) is 6.92 Å². The number of rotatable bonds is 6. The summed E-state index contributed by atoms with van der Waals surface area (Å²) in [6.45, 7) is 3.07. The van der Waals surface area contributed by atoms with E-state index in [4.69, 9.17) is 16.7 Å². The number of hydrogen-bond donors (Lipinski definition) is 3. The fraction of sp³-hybridized carbons (Fsp3) is 0.227. The zero-order chi connectivity index (χ0) is 22.9. The molecule has 0 spiro atoms. The molecule has 0 bridgehead atoms. The molecule has 0 saturated heterocycles. The van der Waals surface area contributed by atoms with Crippen LogP contribution in [0.2, 0.25) is 5.02 Å². The number of carboxylic acid groups (broad SMARTS) is 1. The Bertz CT molecular complexity index is 1200. The number of fused-ring (bicyclic) bond motifs is 1. The van der Waals surface area contributed by atoms with Crippen molar-refractivity contribution in [2.45, 2.75) is 20.3 Å². The van der Waals surface area contributed by atoms with Crippen molar-refractivity contribution in [1.82, 2.24) is 9.88 Å². The molecule has 2 aromatic carbocycles. The van der Waals surface area contributed by atoms with E-state index in [9.17, 15) is 23.9 Å². The van der Waals surface area contributed by atoms with Crippen molar-refractivity contribution in [3.8, 4) is 5.75 Å². The van der Waals surface area contributed by atoms with Crippen LogP contribution in [0.15, 0.2) is 36.4 Å². The quantitative estimate of drug-likeness (QED) is 0.537. The molecule has 3 aromatic rings. The van der Waals surface area contributed by atoms with Crippen molar-refractivity contribution in [3.05, 3.63) is 64.1 Å². The monoisotopic (exact) mass is 446 g/mol. The molecular weight excluding hydrogens is 427 g/mol. The second kappa shape index (κ2) is 8.77. The van der Waals surface area contributed by atoms with Crippen molar-refractivity contribution in [2.75, 3.05) is 6.54 Å². The van der Waals surface area contributed by atoms with E-state index in [1.807, 2.05) is 0 Å². The predicted molar refractivity (Wildman–Crippen MR) is 113 cm³/mol. The van der Waals surface area contributed by atoms with Crippen molar-refractivity contribution >= 4 is 40.3 Å². The number of carbonyl (C=O) groups excluding carboxylic acids is 2. The van der Waals surface area contributed by atoms with Crippen LogP contribution in [0.5, 0.6) is 5.75 Å². The van der Waals surface area contributed by atoms with Gasteiger partial charge >= 0.3 is 5.97 Å². The topological polar surface area (TPSA) is 109 Å². The van der Waals surface area contributed by atoms with Gasteiger partial charge in [-0.05, 0) is 48.9 Å². The zero-order valence-electron chi connectivity index (χ0n) is 16.8. The molecule has 0 aliphatic heterocycles. The Labute approximate surface area is 182 Å². The van der Waals surface area contributed by atoms with E-state index < -0.39 is 29.5 Å². The van der Waals surface area contributed by atoms with Crippen LogP contribution in [-0.2, 0) is 16.0 Å². The average Bonchev–Trinajstić information content (AvgIpc) is 2.98. The second-order valence-corrected chi connectivity index (χ2v) is 7.66. The molecule has 9 heteroatoms. The summed E-state index contributed by atoms with van der Waals surface area (Å²) in [5.74, 6) is -3.50. The number of carboxylic acids is 1. The van der Waals surface area contributed by atoms with Gasteiger partial charge in [-0.15, -0.1) is 0 Å². The van der Waals surface area contributed by atoms with Crippen molar-refractivity contribution in [3.63, 3.8) is 0 Å². The lowest BCUT2D eigenvalue weighted by Gasteiger charge is -2.10. The molecule has 1 aromatic heterocycles. The van der Waals surface area contributed by atoms with E-state index in [0.717, 1.165) is 6.07 Å². The molecular formula is C22H20ClFN2O5. The molecule has 0 fully saturated rings. The number of hydrogen-bond acceptors (Lipinski definition) is 4. The Morgan fingerprint density at radius 1 is 1.19 bits per heavy atom. The first-order chi connectivity index (χ1) is 14.6. The van der Waals surface area contributed by atoms with Crippen LogP contribution in [0.3, 0.4) is 0 Å². The van der Waals surface area contributed by atoms with E-state index in [1.165, 1.54) is 41.8 Å². The maximum atomic E-state index is 13.9. The zero-order valence-corrected chi connectivity index (χ0v) is 17.5. The summed E-state index contributed by atoms with van der Waals surface area (Å²) in [5, 5.41) is 21.8.